The summed E-state index contributed by atoms with van der Waals surface area (Å²) in [5, 5.41) is 10.2. The van der Waals surface area contributed by atoms with Gasteiger partial charge in [-0.15, -0.1) is 0 Å². The van der Waals surface area contributed by atoms with Crippen molar-refractivity contribution in [1.82, 2.24) is 0 Å². The minimum atomic E-state index is -0.517. The zero-order valence-corrected chi connectivity index (χ0v) is 12.4. The lowest BCUT2D eigenvalue weighted by atomic mass is 9.99. The van der Waals surface area contributed by atoms with Gasteiger partial charge in [0.2, 0.25) is 5.75 Å². The van der Waals surface area contributed by atoms with Crippen LogP contribution in [0.15, 0.2) is 12.1 Å². The molecule has 1 atom stereocenters. The number of methoxy groups -OCH3 is 3. The Labute approximate surface area is 115 Å². The molecule has 0 aromatic heterocycles. The molecule has 1 unspecified atom stereocenters. The maximum atomic E-state index is 10.2. The molecule has 0 saturated heterocycles. The van der Waals surface area contributed by atoms with E-state index in [1.54, 1.807) is 33.5 Å². The van der Waals surface area contributed by atoms with Gasteiger partial charge in [0.05, 0.1) is 27.4 Å². The number of ether oxygens (including phenoxy) is 3. The molecule has 0 aliphatic rings. The van der Waals surface area contributed by atoms with Crippen LogP contribution in [0, 0.1) is 5.92 Å². The first-order chi connectivity index (χ1) is 9.03. The molecule has 4 nitrogen and oxygen atoms in total. The Morgan fingerprint density at radius 2 is 1.47 bits per heavy atom. The van der Waals surface area contributed by atoms with Crippen LogP contribution >= 0.6 is 0 Å². The lowest BCUT2D eigenvalue weighted by Gasteiger charge is -2.17. The Morgan fingerprint density at radius 1 is 0.947 bits per heavy atom. The molecule has 19 heavy (non-hydrogen) atoms. The summed E-state index contributed by atoms with van der Waals surface area (Å²) in [5.41, 5.74) is 0.787. The second-order valence-corrected chi connectivity index (χ2v) is 4.95. The summed E-state index contributed by atoms with van der Waals surface area (Å²) in [7, 11) is 4.71. The van der Waals surface area contributed by atoms with E-state index in [9.17, 15) is 5.11 Å². The number of hydrogen-bond donors (Lipinski definition) is 1. The van der Waals surface area contributed by atoms with E-state index in [0.717, 1.165) is 18.4 Å². The minimum Gasteiger partial charge on any atom is -0.493 e. The van der Waals surface area contributed by atoms with Gasteiger partial charge in [-0.1, -0.05) is 13.8 Å². The van der Waals surface area contributed by atoms with Crippen LogP contribution in [0.1, 0.15) is 38.4 Å². The first kappa shape index (κ1) is 15.6. The molecule has 0 bridgehead atoms. The van der Waals surface area contributed by atoms with Crippen LogP contribution in [0.25, 0.3) is 0 Å². The third-order valence-corrected chi connectivity index (χ3v) is 3.09. The van der Waals surface area contributed by atoms with Gasteiger partial charge in [0.1, 0.15) is 0 Å². The molecule has 0 fully saturated rings. The topological polar surface area (TPSA) is 47.9 Å². The number of aliphatic hydroxyl groups excluding tert-OH is 1. The van der Waals surface area contributed by atoms with Crippen molar-refractivity contribution in [2.24, 2.45) is 5.92 Å². The lowest BCUT2D eigenvalue weighted by Crippen LogP contribution is -2.03. The van der Waals surface area contributed by atoms with E-state index < -0.39 is 6.10 Å². The normalized spacial score (nSPS) is 12.4. The van der Waals surface area contributed by atoms with Gasteiger partial charge in [-0.3, -0.25) is 0 Å². The molecule has 1 N–H and O–H groups in total. The molecular formula is C15H24O4. The minimum absolute atomic E-state index is 0.517. The predicted octanol–water partition coefficient (Wildman–Crippen LogP) is 3.18. The molecule has 0 radical (unpaired) electrons. The summed E-state index contributed by atoms with van der Waals surface area (Å²) in [4.78, 5) is 0. The molecule has 0 aliphatic heterocycles. The molecule has 0 aliphatic carbocycles. The summed E-state index contributed by atoms with van der Waals surface area (Å²) < 4.78 is 15.8. The Balaban J connectivity index is 3.01. The first-order valence-corrected chi connectivity index (χ1v) is 6.51. The van der Waals surface area contributed by atoms with Crippen LogP contribution < -0.4 is 14.2 Å². The van der Waals surface area contributed by atoms with Gasteiger partial charge in [0.25, 0.3) is 0 Å². The predicted molar refractivity (Wildman–Crippen MR) is 75.1 cm³/mol. The highest BCUT2D eigenvalue weighted by molar-refractivity contribution is 5.54. The van der Waals surface area contributed by atoms with Crippen molar-refractivity contribution in [1.29, 1.82) is 0 Å². The van der Waals surface area contributed by atoms with Gasteiger partial charge < -0.3 is 19.3 Å². The lowest BCUT2D eigenvalue weighted by molar-refractivity contribution is 0.158. The fourth-order valence-electron chi connectivity index (χ4n) is 1.95. The molecule has 1 aromatic carbocycles. The van der Waals surface area contributed by atoms with Crippen LogP contribution in [-0.2, 0) is 0 Å². The Bertz CT molecular complexity index is 376. The van der Waals surface area contributed by atoms with Crippen molar-refractivity contribution >= 4 is 0 Å². The third-order valence-electron chi connectivity index (χ3n) is 3.09. The summed E-state index contributed by atoms with van der Waals surface area (Å²) in [6.45, 7) is 4.28. The summed E-state index contributed by atoms with van der Waals surface area (Å²) in [6, 6.07) is 3.60. The highest BCUT2D eigenvalue weighted by Crippen LogP contribution is 2.40. The summed E-state index contributed by atoms with van der Waals surface area (Å²) in [6.07, 6.45) is 1.17. The summed E-state index contributed by atoms with van der Waals surface area (Å²) in [5.74, 6) is 2.25. The van der Waals surface area contributed by atoms with Gasteiger partial charge in [0, 0.05) is 0 Å². The van der Waals surface area contributed by atoms with Crippen molar-refractivity contribution in [2.75, 3.05) is 21.3 Å². The molecule has 0 heterocycles. The number of benzene rings is 1. The van der Waals surface area contributed by atoms with Gasteiger partial charge in [0.15, 0.2) is 11.5 Å². The van der Waals surface area contributed by atoms with Crippen LogP contribution in [0.3, 0.4) is 0 Å². The van der Waals surface area contributed by atoms with Crippen LogP contribution in [0.5, 0.6) is 17.2 Å². The molecule has 0 amide bonds. The second kappa shape index (κ2) is 7.24. The average Bonchev–Trinajstić information content (AvgIpc) is 2.42. The summed E-state index contributed by atoms with van der Waals surface area (Å²) >= 11 is 0. The highest BCUT2D eigenvalue weighted by Gasteiger charge is 2.17. The zero-order chi connectivity index (χ0) is 14.4. The van der Waals surface area contributed by atoms with Gasteiger partial charge in [-0.2, -0.15) is 0 Å². The Hall–Kier alpha value is -1.42. The van der Waals surface area contributed by atoms with Gasteiger partial charge in [-0.25, -0.2) is 0 Å². The first-order valence-electron chi connectivity index (χ1n) is 6.51. The Morgan fingerprint density at radius 3 is 1.84 bits per heavy atom. The smallest absolute Gasteiger partial charge is 0.203 e. The highest BCUT2D eigenvalue weighted by atomic mass is 16.5. The number of rotatable bonds is 7. The molecule has 4 heteroatoms. The quantitative estimate of drug-likeness (QED) is 0.825. The zero-order valence-electron chi connectivity index (χ0n) is 12.4. The Kier molecular flexibility index (Phi) is 5.96. The van der Waals surface area contributed by atoms with Crippen LogP contribution in [0.4, 0.5) is 0 Å². The second-order valence-electron chi connectivity index (χ2n) is 4.95. The largest absolute Gasteiger partial charge is 0.493 e. The molecule has 1 rings (SSSR count). The van der Waals surface area contributed by atoms with E-state index in [-0.39, 0.29) is 0 Å². The van der Waals surface area contributed by atoms with Crippen LogP contribution in [0.2, 0.25) is 0 Å². The molecule has 108 valence electrons. The van der Waals surface area contributed by atoms with E-state index in [1.165, 1.54) is 0 Å². The third kappa shape index (κ3) is 4.03. The van der Waals surface area contributed by atoms with E-state index >= 15 is 0 Å². The van der Waals surface area contributed by atoms with Crippen molar-refractivity contribution in [3.05, 3.63) is 17.7 Å². The van der Waals surface area contributed by atoms with E-state index in [0.29, 0.717) is 23.2 Å². The SMILES string of the molecule is COc1cc(C(O)CCC(C)C)cc(OC)c1OC. The average molecular weight is 268 g/mol. The maximum Gasteiger partial charge on any atom is 0.203 e. The fraction of sp³-hybridized carbons (Fsp3) is 0.600. The van der Waals surface area contributed by atoms with Gasteiger partial charge in [-0.05, 0) is 36.5 Å². The molecule has 1 aromatic rings. The van der Waals surface area contributed by atoms with Crippen LogP contribution in [-0.4, -0.2) is 26.4 Å². The fourth-order valence-corrected chi connectivity index (χ4v) is 1.95. The van der Waals surface area contributed by atoms with Crippen molar-refractivity contribution < 1.29 is 19.3 Å². The number of hydrogen-bond acceptors (Lipinski definition) is 4. The van der Waals surface area contributed by atoms with E-state index in [2.05, 4.69) is 13.8 Å². The number of aliphatic hydroxyl groups is 1. The van der Waals surface area contributed by atoms with Crippen molar-refractivity contribution in [2.45, 2.75) is 32.8 Å². The molecule has 0 spiro atoms. The van der Waals surface area contributed by atoms with E-state index in [1.807, 2.05) is 0 Å². The molecular weight excluding hydrogens is 244 g/mol. The van der Waals surface area contributed by atoms with Crippen molar-refractivity contribution in [3.8, 4) is 17.2 Å². The molecule has 0 saturated carbocycles. The monoisotopic (exact) mass is 268 g/mol. The van der Waals surface area contributed by atoms with Crippen molar-refractivity contribution in [3.63, 3.8) is 0 Å². The van der Waals surface area contributed by atoms with Gasteiger partial charge >= 0.3 is 0 Å². The van der Waals surface area contributed by atoms with E-state index in [4.69, 9.17) is 14.2 Å². The standard InChI is InChI=1S/C15H24O4/c1-10(2)6-7-12(16)11-8-13(17-3)15(19-5)14(9-11)18-4/h8-10,12,16H,6-7H2,1-5H3. The maximum absolute atomic E-state index is 10.2.